The molecule has 2 heterocycles. The number of rotatable bonds is 5. The van der Waals surface area contributed by atoms with Crippen LogP contribution in [-0.2, 0) is 22.4 Å². The molecule has 1 amide bonds. The number of thiophene rings is 1. The van der Waals surface area contributed by atoms with Crippen molar-refractivity contribution in [3.63, 3.8) is 0 Å². The molecular formula is C20H30N2O3S. The third-order valence-electron chi connectivity index (χ3n) is 5.31. The van der Waals surface area contributed by atoms with E-state index < -0.39 is 0 Å². The number of nitrogens with one attached hydrogen (secondary N) is 1. The van der Waals surface area contributed by atoms with E-state index in [9.17, 15) is 9.59 Å². The van der Waals surface area contributed by atoms with E-state index in [1.807, 2.05) is 6.92 Å². The summed E-state index contributed by atoms with van der Waals surface area (Å²) >= 11 is 1.56. The molecule has 144 valence electrons. The van der Waals surface area contributed by atoms with Crippen LogP contribution in [0.15, 0.2) is 0 Å². The van der Waals surface area contributed by atoms with Crippen molar-refractivity contribution in [2.24, 2.45) is 5.92 Å². The summed E-state index contributed by atoms with van der Waals surface area (Å²) in [5.41, 5.74) is 1.69. The average Bonchev–Trinajstić information content (AvgIpc) is 2.76. The van der Waals surface area contributed by atoms with E-state index in [4.69, 9.17) is 4.74 Å². The van der Waals surface area contributed by atoms with Crippen molar-refractivity contribution in [1.29, 1.82) is 0 Å². The third kappa shape index (κ3) is 4.65. The third-order valence-corrected chi connectivity index (χ3v) is 6.48. The normalized spacial score (nSPS) is 20.9. The molecule has 0 saturated carbocycles. The van der Waals surface area contributed by atoms with Crippen LogP contribution in [0.5, 0.6) is 0 Å². The molecule has 1 saturated heterocycles. The Balaban J connectivity index is 1.75. The van der Waals surface area contributed by atoms with Crippen LogP contribution >= 0.6 is 11.3 Å². The predicted octanol–water partition coefficient (Wildman–Crippen LogP) is 3.86. The lowest BCUT2D eigenvalue weighted by Gasteiger charge is -2.19. The van der Waals surface area contributed by atoms with E-state index in [1.54, 1.807) is 11.3 Å². The molecule has 0 unspecified atom stereocenters. The van der Waals surface area contributed by atoms with Gasteiger partial charge in [-0.2, -0.15) is 0 Å². The highest BCUT2D eigenvalue weighted by molar-refractivity contribution is 7.17. The van der Waals surface area contributed by atoms with Gasteiger partial charge in [0.2, 0.25) is 5.91 Å². The molecule has 6 heteroatoms. The Morgan fingerprint density at radius 2 is 1.96 bits per heavy atom. The van der Waals surface area contributed by atoms with Crippen molar-refractivity contribution >= 4 is 28.2 Å². The molecule has 5 nitrogen and oxygen atoms in total. The summed E-state index contributed by atoms with van der Waals surface area (Å²) in [6.07, 6.45) is 7.77. The number of carbonyl (C=O) groups is 2. The van der Waals surface area contributed by atoms with Gasteiger partial charge in [-0.3, -0.25) is 9.69 Å². The average molecular weight is 379 g/mol. The van der Waals surface area contributed by atoms with Crippen molar-refractivity contribution in [1.82, 2.24) is 4.90 Å². The Hall–Kier alpha value is -1.40. The number of hydrogen-bond acceptors (Lipinski definition) is 5. The fourth-order valence-electron chi connectivity index (χ4n) is 3.92. The van der Waals surface area contributed by atoms with Gasteiger partial charge in [0.1, 0.15) is 5.00 Å². The summed E-state index contributed by atoms with van der Waals surface area (Å²) in [5, 5.41) is 3.71. The summed E-state index contributed by atoms with van der Waals surface area (Å²) in [4.78, 5) is 28.6. The first kappa shape index (κ1) is 19.4. The summed E-state index contributed by atoms with van der Waals surface area (Å²) < 4.78 is 5.27. The molecule has 0 spiro atoms. The lowest BCUT2D eigenvalue weighted by Crippen LogP contribution is -2.34. The zero-order valence-corrected chi connectivity index (χ0v) is 16.8. The van der Waals surface area contributed by atoms with Gasteiger partial charge in [0.15, 0.2) is 0 Å². The van der Waals surface area contributed by atoms with Gasteiger partial charge in [0, 0.05) is 4.88 Å². The van der Waals surface area contributed by atoms with E-state index in [1.165, 1.54) is 17.7 Å². The molecule has 1 aliphatic carbocycles. The number of anilines is 1. The van der Waals surface area contributed by atoms with Crippen molar-refractivity contribution in [2.45, 2.75) is 58.8 Å². The SMILES string of the molecule is CCOC(=O)c1c(NC(=O)CN2CCCCCC2)sc2c1CC[C@H](C)C2. The number of hydrogen-bond donors (Lipinski definition) is 1. The van der Waals surface area contributed by atoms with Crippen LogP contribution in [0.25, 0.3) is 0 Å². The van der Waals surface area contributed by atoms with Crippen LogP contribution in [0, 0.1) is 5.92 Å². The zero-order chi connectivity index (χ0) is 18.5. The minimum Gasteiger partial charge on any atom is -0.462 e. The molecule has 1 aromatic heterocycles. The van der Waals surface area contributed by atoms with Crippen LogP contribution in [0.1, 0.15) is 66.8 Å². The van der Waals surface area contributed by atoms with Crippen molar-refractivity contribution < 1.29 is 14.3 Å². The number of nitrogens with zero attached hydrogens (tertiary/aromatic N) is 1. The fourth-order valence-corrected chi connectivity index (χ4v) is 5.34. The van der Waals surface area contributed by atoms with Crippen LogP contribution < -0.4 is 5.32 Å². The Labute approximate surface area is 160 Å². The molecule has 1 fully saturated rings. The highest BCUT2D eigenvalue weighted by Gasteiger charge is 2.29. The largest absolute Gasteiger partial charge is 0.462 e. The maximum absolute atomic E-state index is 12.6. The van der Waals surface area contributed by atoms with Gasteiger partial charge in [-0.15, -0.1) is 11.3 Å². The molecule has 1 aliphatic heterocycles. The van der Waals surface area contributed by atoms with Crippen molar-refractivity contribution in [3.05, 3.63) is 16.0 Å². The van der Waals surface area contributed by atoms with E-state index in [0.717, 1.165) is 50.8 Å². The summed E-state index contributed by atoms with van der Waals surface area (Å²) in [7, 11) is 0. The molecule has 26 heavy (non-hydrogen) atoms. The van der Waals surface area contributed by atoms with Gasteiger partial charge in [-0.1, -0.05) is 19.8 Å². The molecule has 1 atom stereocenters. The van der Waals surface area contributed by atoms with E-state index in [-0.39, 0.29) is 11.9 Å². The Kier molecular flexibility index (Phi) is 6.70. The van der Waals surface area contributed by atoms with Gasteiger partial charge in [-0.05, 0) is 63.6 Å². The molecule has 0 radical (unpaired) electrons. The second kappa shape index (κ2) is 9.00. The summed E-state index contributed by atoms with van der Waals surface area (Å²) in [6, 6.07) is 0. The standard InChI is InChI=1S/C20H30N2O3S/c1-3-25-20(24)18-15-9-8-14(2)12-16(15)26-19(18)21-17(23)13-22-10-6-4-5-7-11-22/h14H,3-13H2,1-2H3,(H,21,23)/t14-/m0/s1. The molecule has 3 rings (SSSR count). The van der Waals surface area contributed by atoms with E-state index >= 15 is 0 Å². The second-order valence-corrected chi connectivity index (χ2v) is 8.62. The van der Waals surface area contributed by atoms with Gasteiger partial charge in [-0.25, -0.2) is 4.79 Å². The molecule has 0 bridgehead atoms. The van der Waals surface area contributed by atoms with E-state index in [2.05, 4.69) is 17.1 Å². The second-order valence-electron chi connectivity index (χ2n) is 7.51. The maximum Gasteiger partial charge on any atom is 0.341 e. The lowest BCUT2D eigenvalue weighted by molar-refractivity contribution is -0.117. The molecular weight excluding hydrogens is 348 g/mol. The molecule has 2 aliphatic rings. The molecule has 1 N–H and O–H groups in total. The lowest BCUT2D eigenvalue weighted by atomic mass is 9.88. The number of ether oxygens (including phenoxy) is 1. The number of likely N-dealkylation sites (tertiary alicyclic amines) is 1. The number of esters is 1. The van der Waals surface area contributed by atoms with Gasteiger partial charge >= 0.3 is 5.97 Å². The molecule has 1 aromatic rings. The summed E-state index contributed by atoms with van der Waals surface area (Å²) in [5.74, 6) is 0.297. The van der Waals surface area contributed by atoms with Crippen LogP contribution in [0.3, 0.4) is 0 Å². The predicted molar refractivity (Wildman–Crippen MR) is 105 cm³/mol. The first-order valence-corrected chi connectivity index (χ1v) is 10.7. The summed E-state index contributed by atoms with van der Waals surface area (Å²) in [6.45, 7) is 6.77. The first-order valence-electron chi connectivity index (χ1n) is 9.92. The first-order chi connectivity index (χ1) is 12.6. The quantitative estimate of drug-likeness (QED) is 0.791. The topological polar surface area (TPSA) is 58.6 Å². The highest BCUT2D eigenvalue weighted by atomic mass is 32.1. The zero-order valence-electron chi connectivity index (χ0n) is 15.9. The Morgan fingerprint density at radius 1 is 1.23 bits per heavy atom. The minimum absolute atomic E-state index is 0.0240. The molecule has 0 aromatic carbocycles. The van der Waals surface area contributed by atoms with Crippen molar-refractivity contribution in [3.8, 4) is 0 Å². The fraction of sp³-hybridized carbons (Fsp3) is 0.700. The Morgan fingerprint density at radius 3 is 2.65 bits per heavy atom. The van der Waals surface area contributed by atoms with Crippen LogP contribution in [-0.4, -0.2) is 43.0 Å². The monoisotopic (exact) mass is 378 g/mol. The van der Waals surface area contributed by atoms with Gasteiger partial charge in [0.25, 0.3) is 0 Å². The van der Waals surface area contributed by atoms with Crippen LogP contribution in [0.4, 0.5) is 5.00 Å². The van der Waals surface area contributed by atoms with Crippen LogP contribution in [0.2, 0.25) is 0 Å². The maximum atomic E-state index is 12.6. The minimum atomic E-state index is -0.301. The van der Waals surface area contributed by atoms with Crippen molar-refractivity contribution in [2.75, 3.05) is 31.6 Å². The highest BCUT2D eigenvalue weighted by Crippen LogP contribution is 2.40. The smallest absolute Gasteiger partial charge is 0.341 e. The Bertz CT molecular complexity index is 648. The van der Waals surface area contributed by atoms with Gasteiger partial charge in [0.05, 0.1) is 18.7 Å². The number of carbonyl (C=O) groups excluding carboxylic acids is 2. The number of amides is 1. The van der Waals surface area contributed by atoms with E-state index in [0.29, 0.717) is 29.6 Å². The number of fused-ring (bicyclic) bond motifs is 1. The van der Waals surface area contributed by atoms with Gasteiger partial charge < -0.3 is 10.1 Å².